The van der Waals surface area contributed by atoms with Crippen molar-refractivity contribution < 1.29 is 17.5 Å². The number of rotatable bonds is 4. The van der Waals surface area contributed by atoms with Gasteiger partial charge in [-0.3, -0.25) is 0 Å². The molecular formula is C13H19FN2O3S. The fourth-order valence-corrected chi connectivity index (χ4v) is 4.00. The van der Waals surface area contributed by atoms with E-state index in [0.29, 0.717) is 25.3 Å². The van der Waals surface area contributed by atoms with Crippen molar-refractivity contribution in [3.05, 3.63) is 23.5 Å². The molecule has 5 nitrogen and oxygen atoms in total. The predicted molar refractivity (Wildman–Crippen MR) is 74.3 cm³/mol. The van der Waals surface area contributed by atoms with Crippen molar-refractivity contribution >= 4 is 15.7 Å². The minimum Gasteiger partial charge on any atom is -0.398 e. The molecular weight excluding hydrogens is 283 g/mol. The summed E-state index contributed by atoms with van der Waals surface area (Å²) in [4.78, 5) is -0.348. The van der Waals surface area contributed by atoms with E-state index in [-0.39, 0.29) is 16.5 Å². The molecule has 0 radical (unpaired) electrons. The fourth-order valence-electron chi connectivity index (χ4n) is 2.39. The summed E-state index contributed by atoms with van der Waals surface area (Å²) in [5, 5.41) is 0. The van der Waals surface area contributed by atoms with Crippen LogP contribution in [-0.4, -0.2) is 39.5 Å². The molecule has 0 bridgehead atoms. The second-order valence-corrected chi connectivity index (χ2v) is 7.02. The molecule has 1 aliphatic rings. The Balaban J connectivity index is 2.30. The van der Waals surface area contributed by atoms with E-state index in [4.69, 9.17) is 10.5 Å². The first-order valence-electron chi connectivity index (χ1n) is 6.41. The van der Waals surface area contributed by atoms with Gasteiger partial charge in [0.2, 0.25) is 10.0 Å². The Labute approximate surface area is 118 Å². The number of hydrogen-bond donors (Lipinski definition) is 1. The van der Waals surface area contributed by atoms with Crippen LogP contribution in [-0.2, 0) is 14.8 Å². The van der Waals surface area contributed by atoms with Gasteiger partial charge in [0.15, 0.2) is 0 Å². The molecule has 1 aromatic carbocycles. The lowest BCUT2D eigenvalue weighted by atomic mass is 10.1. The third kappa shape index (κ3) is 2.79. The van der Waals surface area contributed by atoms with Crippen LogP contribution in [0.25, 0.3) is 0 Å². The molecule has 0 aromatic heterocycles. The SMILES string of the molecule is COCC1CCN(S(=O)(=O)c2cc(N)c(C)cc2F)C1. The Kier molecular flexibility index (Phi) is 4.31. The van der Waals surface area contributed by atoms with Crippen LogP contribution in [0.1, 0.15) is 12.0 Å². The van der Waals surface area contributed by atoms with Crippen LogP contribution >= 0.6 is 0 Å². The molecule has 1 unspecified atom stereocenters. The number of hydrogen-bond acceptors (Lipinski definition) is 4. The minimum absolute atomic E-state index is 0.153. The number of methoxy groups -OCH3 is 1. The molecule has 1 aliphatic heterocycles. The smallest absolute Gasteiger partial charge is 0.246 e. The van der Waals surface area contributed by atoms with Gasteiger partial charge in [-0.25, -0.2) is 12.8 Å². The molecule has 20 heavy (non-hydrogen) atoms. The molecule has 1 atom stereocenters. The van der Waals surface area contributed by atoms with Crippen molar-refractivity contribution in [2.75, 3.05) is 32.5 Å². The highest BCUT2D eigenvalue weighted by atomic mass is 32.2. The molecule has 0 saturated carbocycles. The molecule has 0 spiro atoms. The first kappa shape index (κ1) is 15.2. The highest BCUT2D eigenvalue weighted by Gasteiger charge is 2.34. The van der Waals surface area contributed by atoms with E-state index in [1.54, 1.807) is 14.0 Å². The summed E-state index contributed by atoms with van der Waals surface area (Å²) in [7, 11) is -2.26. The van der Waals surface area contributed by atoms with Crippen LogP contribution in [0.5, 0.6) is 0 Å². The minimum atomic E-state index is -3.84. The maximum Gasteiger partial charge on any atom is 0.246 e. The van der Waals surface area contributed by atoms with Crippen LogP contribution in [0.3, 0.4) is 0 Å². The Morgan fingerprint density at radius 1 is 1.50 bits per heavy atom. The summed E-state index contributed by atoms with van der Waals surface area (Å²) in [5.41, 5.74) is 6.49. The van der Waals surface area contributed by atoms with Crippen molar-refractivity contribution in [1.29, 1.82) is 0 Å². The summed E-state index contributed by atoms with van der Waals surface area (Å²) < 4.78 is 45.2. The van der Waals surface area contributed by atoms with Crippen LogP contribution in [0.15, 0.2) is 17.0 Å². The standard InChI is InChI=1S/C13H19FN2O3S/c1-9-5-11(14)13(6-12(9)15)20(17,18)16-4-3-10(7-16)8-19-2/h5-6,10H,3-4,7-8,15H2,1-2H3. The van der Waals surface area contributed by atoms with E-state index in [0.717, 1.165) is 12.5 Å². The van der Waals surface area contributed by atoms with E-state index >= 15 is 0 Å². The van der Waals surface area contributed by atoms with Gasteiger partial charge in [-0.1, -0.05) is 0 Å². The lowest BCUT2D eigenvalue weighted by Gasteiger charge is -2.17. The van der Waals surface area contributed by atoms with Gasteiger partial charge in [0.1, 0.15) is 10.7 Å². The van der Waals surface area contributed by atoms with Crippen molar-refractivity contribution in [3.63, 3.8) is 0 Å². The maximum absolute atomic E-state index is 13.9. The molecule has 112 valence electrons. The summed E-state index contributed by atoms with van der Waals surface area (Å²) in [6.45, 7) is 2.87. The van der Waals surface area contributed by atoms with Gasteiger partial charge in [0.25, 0.3) is 0 Å². The topological polar surface area (TPSA) is 72.6 Å². The normalized spacial score (nSPS) is 20.4. The van der Waals surface area contributed by atoms with Gasteiger partial charge >= 0.3 is 0 Å². The Morgan fingerprint density at radius 3 is 2.85 bits per heavy atom. The molecule has 7 heteroatoms. The highest BCUT2D eigenvalue weighted by molar-refractivity contribution is 7.89. The number of nitrogen functional groups attached to an aromatic ring is 1. The molecule has 2 rings (SSSR count). The van der Waals surface area contributed by atoms with Gasteiger partial charge in [-0.15, -0.1) is 0 Å². The van der Waals surface area contributed by atoms with Gasteiger partial charge in [0.05, 0.1) is 6.61 Å². The van der Waals surface area contributed by atoms with E-state index in [2.05, 4.69) is 0 Å². The van der Waals surface area contributed by atoms with Crippen molar-refractivity contribution in [1.82, 2.24) is 4.31 Å². The lowest BCUT2D eigenvalue weighted by molar-refractivity contribution is 0.157. The largest absolute Gasteiger partial charge is 0.398 e. The van der Waals surface area contributed by atoms with Crippen LogP contribution < -0.4 is 5.73 Å². The van der Waals surface area contributed by atoms with Crippen molar-refractivity contribution in [2.45, 2.75) is 18.2 Å². The Hall–Kier alpha value is -1.18. The zero-order valence-corrected chi connectivity index (χ0v) is 12.4. The third-order valence-corrected chi connectivity index (χ3v) is 5.47. The number of aryl methyl sites for hydroxylation is 1. The number of sulfonamides is 1. The monoisotopic (exact) mass is 302 g/mol. The van der Waals surface area contributed by atoms with E-state index in [1.165, 1.54) is 10.4 Å². The molecule has 1 saturated heterocycles. The summed E-state index contributed by atoms with van der Waals surface area (Å²) in [5.74, 6) is -0.604. The second-order valence-electron chi connectivity index (χ2n) is 5.11. The van der Waals surface area contributed by atoms with E-state index in [1.807, 2.05) is 0 Å². The predicted octanol–water partition coefficient (Wildman–Crippen LogP) is 1.37. The Bertz CT molecular complexity index is 604. The summed E-state index contributed by atoms with van der Waals surface area (Å²) in [6.07, 6.45) is 0.718. The van der Waals surface area contributed by atoms with Crippen molar-refractivity contribution in [2.24, 2.45) is 5.92 Å². The molecule has 1 aromatic rings. The third-order valence-electron chi connectivity index (χ3n) is 3.59. The van der Waals surface area contributed by atoms with Crippen LogP contribution in [0.2, 0.25) is 0 Å². The van der Waals surface area contributed by atoms with Gasteiger partial charge in [0, 0.05) is 25.9 Å². The fraction of sp³-hybridized carbons (Fsp3) is 0.538. The Morgan fingerprint density at radius 2 is 2.20 bits per heavy atom. The molecule has 0 aliphatic carbocycles. The average Bonchev–Trinajstić information content (AvgIpc) is 2.83. The van der Waals surface area contributed by atoms with Gasteiger partial charge < -0.3 is 10.5 Å². The number of nitrogens with zero attached hydrogens (tertiary/aromatic N) is 1. The van der Waals surface area contributed by atoms with Crippen LogP contribution in [0, 0.1) is 18.7 Å². The number of nitrogens with two attached hydrogens (primary N) is 1. The summed E-state index contributed by atoms with van der Waals surface area (Å²) in [6, 6.07) is 2.36. The van der Waals surface area contributed by atoms with Crippen LogP contribution in [0.4, 0.5) is 10.1 Å². The van der Waals surface area contributed by atoms with Gasteiger partial charge in [-0.05, 0) is 37.0 Å². The zero-order valence-electron chi connectivity index (χ0n) is 11.6. The first-order valence-corrected chi connectivity index (χ1v) is 7.85. The first-order chi connectivity index (χ1) is 9.36. The van der Waals surface area contributed by atoms with Gasteiger partial charge in [-0.2, -0.15) is 4.31 Å². The van der Waals surface area contributed by atoms with E-state index in [9.17, 15) is 12.8 Å². The molecule has 0 amide bonds. The molecule has 1 fully saturated rings. The second kappa shape index (κ2) is 5.67. The zero-order chi connectivity index (χ0) is 14.9. The average molecular weight is 302 g/mol. The summed E-state index contributed by atoms with van der Waals surface area (Å²) >= 11 is 0. The number of halogens is 1. The number of anilines is 1. The van der Waals surface area contributed by atoms with Crippen molar-refractivity contribution in [3.8, 4) is 0 Å². The molecule has 2 N–H and O–H groups in total. The van der Waals surface area contributed by atoms with E-state index < -0.39 is 15.8 Å². The highest BCUT2D eigenvalue weighted by Crippen LogP contribution is 2.28. The quantitative estimate of drug-likeness (QED) is 0.853. The number of benzene rings is 1. The molecule has 1 heterocycles. The lowest BCUT2D eigenvalue weighted by Crippen LogP contribution is -2.30. The maximum atomic E-state index is 13.9. The number of ether oxygens (including phenoxy) is 1.